The van der Waals surface area contributed by atoms with E-state index in [1.165, 1.54) is 5.56 Å². The number of benzene rings is 1. The molecule has 0 saturated heterocycles. The van der Waals surface area contributed by atoms with Gasteiger partial charge < -0.3 is 19.7 Å². The molecule has 0 radical (unpaired) electrons. The first kappa shape index (κ1) is 21.0. The van der Waals surface area contributed by atoms with Gasteiger partial charge in [0, 0.05) is 39.9 Å². The number of rotatable bonds is 7. The monoisotopic (exact) mass is 421 g/mol. The molecular weight excluding hydrogens is 393 g/mol. The summed E-state index contributed by atoms with van der Waals surface area (Å²) in [7, 11) is 5.70. The predicted molar refractivity (Wildman–Crippen MR) is 102 cm³/mol. The van der Waals surface area contributed by atoms with Crippen molar-refractivity contribution in [2.45, 2.75) is 20.4 Å². The van der Waals surface area contributed by atoms with Crippen molar-refractivity contribution in [1.82, 2.24) is 10.2 Å². The van der Waals surface area contributed by atoms with E-state index in [4.69, 9.17) is 9.47 Å². The van der Waals surface area contributed by atoms with Crippen LogP contribution < -0.4 is 10.1 Å². The molecule has 126 valence electrons. The molecule has 0 atom stereocenters. The number of nitrogens with zero attached hydrogens (tertiary/aromatic N) is 2. The van der Waals surface area contributed by atoms with Crippen molar-refractivity contribution >= 4 is 29.9 Å². The van der Waals surface area contributed by atoms with Gasteiger partial charge in [-0.15, -0.1) is 24.0 Å². The molecule has 5 nitrogen and oxygen atoms in total. The van der Waals surface area contributed by atoms with Crippen LogP contribution in [0, 0.1) is 6.92 Å². The minimum Gasteiger partial charge on any atom is -0.491 e. The Morgan fingerprint density at radius 2 is 2.00 bits per heavy atom. The summed E-state index contributed by atoms with van der Waals surface area (Å²) in [6, 6.07) is 6.23. The lowest BCUT2D eigenvalue weighted by molar-refractivity contribution is 0.110. The number of nitrogens with one attached hydrogen (secondary N) is 1. The number of hydrogen-bond acceptors (Lipinski definition) is 3. The number of aryl methyl sites for hydroxylation is 1. The Kier molecular flexibility index (Phi) is 11.0. The summed E-state index contributed by atoms with van der Waals surface area (Å²) in [5, 5.41) is 3.31. The van der Waals surface area contributed by atoms with Crippen LogP contribution in [0.15, 0.2) is 23.2 Å². The zero-order chi connectivity index (χ0) is 15.7. The predicted octanol–water partition coefficient (Wildman–Crippen LogP) is 2.67. The Morgan fingerprint density at radius 1 is 1.27 bits per heavy atom. The second-order valence-electron chi connectivity index (χ2n) is 4.95. The van der Waals surface area contributed by atoms with Crippen LogP contribution in [0.4, 0.5) is 0 Å². The number of guanidine groups is 1. The second kappa shape index (κ2) is 11.5. The van der Waals surface area contributed by atoms with E-state index in [1.54, 1.807) is 7.05 Å². The van der Waals surface area contributed by atoms with Gasteiger partial charge in [0.25, 0.3) is 0 Å². The lowest BCUT2D eigenvalue weighted by Gasteiger charge is -2.18. The normalized spacial score (nSPS) is 10.9. The van der Waals surface area contributed by atoms with Crippen LogP contribution >= 0.6 is 24.0 Å². The lowest BCUT2D eigenvalue weighted by atomic mass is 10.1. The molecule has 22 heavy (non-hydrogen) atoms. The highest BCUT2D eigenvalue weighted by molar-refractivity contribution is 14.0. The molecule has 0 aliphatic heterocycles. The first-order valence-electron chi connectivity index (χ1n) is 7.26. The van der Waals surface area contributed by atoms with E-state index < -0.39 is 0 Å². The van der Waals surface area contributed by atoms with Crippen molar-refractivity contribution in [3.8, 4) is 5.75 Å². The molecule has 0 amide bonds. The van der Waals surface area contributed by atoms with Crippen LogP contribution in [0.3, 0.4) is 0 Å². The van der Waals surface area contributed by atoms with Crippen LogP contribution in [-0.4, -0.2) is 51.8 Å². The van der Waals surface area contributed by atoms with Gasteiger partial charge in [-0.1, -0.05) is 12.1 Å². The molecular formula is C16H28IN3O2. The van der Waals surface area contributed by atoms with Gasteiger partial charge in [0.15, 0.2) is 5.96 Å². The molecule has 1 aromatic carbocycles. The third kappa shape index (κ3) is 7.31. The average molecular weight is 421 g/mol. The van der Waals surface area contributed by atoms with Crippen molar-refractivity contribution in [3.05, 3.63) is 29.3 Å². The molecule has 0 saturated carbocycles. The third-order valence-electron chi connectivity index (χ3n) is 2.98. The van der Waals surface area contributed by atoms with Crippen molar-refractivity contribution in [3.63, 3.8) is 0 Å². The van der Waals surface area contributed by atoms with E-state index in [2.05, 4.69) is 35.4 Å². The summed E-state index contributed by atoms with van der Waals surface area (Å²) in [5.74, 6) is 1.74. The molecule has 0 aliphatic rings. The number of halogens is 1. The van der Waals surface area contributed by atoms with Crippen molar-refractivity contribution < 1.29 is 9.47 Å². The topological polar surface area (TPSA) is 46.1 Å². The summed E-state index contributed by atoms with van der Waals surface area (Å²) in [6.45, 7) is 6.60. The fourth-order valence-electron chi connectivity index (χ4n) is 1.91. The highest BCUT2D eigenvalue weighted by atomic mass is 127. The lowest BCUT2D eigenvalue weighted by Crippen LogP contribution is -2.35. The maximum absolute atomic E-state index is 5.83. The fourth-order valence-corrected chi connectivity index (χ4v) is 1.91. The molecule has 0 aromatic heterocycles. The minimum absolute atomic E-state index is 0. The van der Waals surface area contributed by atoms with Crippen LogP contribution in [0.5, 0.6) is 5.75 Å². The van der Waals surface area contributed by atoms with Gasteiger partial charge in [0.1, 0.15) is 12.4 Å². The average Bonchev–Trinajstić information content (AvgIpc) is 2.45. The Bertz CT molecular complexity index is 465. The number of hydrogen-bond donors (Lipinski definition) is 1. The third-order valence-corrected chi connectivity index (χ3v) is 2.98. The summed E-state index contributed by atoms with van der Waals surface area (Å²) < 4.78 is 11.1. The maximum atomic E-state index is 5.83. The molecule has 0 aliphatic carbocycles. The van der Waals surface area contributed by atoms with E-state index in [0.29, 0.717) is 26.4 Å². The second-order valence-corrected chi connectivity index (χ2v) is 4.95. The smallest absolute Gasteiger partial charge is 0.193 e. The van der Waals surface area contributed by atoms with Crippen molar-refractivity contribution in [1.29, 1.82) is 0 Å². The molecule has 6 heteroatoms. The van der Waals surface area contributed by atoms with Gasteiger partial charge in [-0.25, -0.2) is 0 Å². The molecule has 0 unspecified atom stereocenters. The number of ether oxygens (including phenoxy) is 2. The van der Waals surface area contributed by atoms with Crippen LogP contribution in [0.2, 0.25) is 0 Å². The van der Waals surface area contributed by atoms with Gasteiger partial charge in [-0.05, 0) is 25.5 Å². The summed E-state index contributed by atoms with van der Waals surface area (Å²) in [4.78, 5) is 6.16. The van der Waals surface area contributed by atoms with E-state index in [0.717, 1.165) is 17.3 Å². The maximum Gasteiger partial charge on any atom is 0.193 e. The van der Waals surface area contributed by atoms with Gasteiger partial charge >= 0.3 is 0 Å². The molecule has 0 fully saturated rings. The van der Waals surface area contributed by atoms with E-state index in [9.17, 15) is 0 Å². The summed E-state index contributed by atoms with van der Waals surface area (Å²) >= 11 is 0. The fraction of sp³-hybridized carbons (Fsp3) is 0.562. The van der Waals surface area contributed by atoms with E-state index in [1.807, 2.05) is 25.9 Å². The first-order chi connectivity index (χ1) is 10.1. The van der Waals surface area contributed by atoms with Gasteiger partial charge in [0.2, 0.25) is 0 Å². The Labute approximate surface area is 151 Å². The van der Waals surface area contributed by atoms with Gasteiger partial charge in [-0.2, -0.15) is 0 Å². The Hall–Kier alpha value is -1.02. The molecule has 1 rings (SSSR count). The zero-order valence-corrected chi connectivity index (χ0v) is 16.5. The SMILES string of the molecule is CCOCCOc1cc(C)ccc1CNC(=NC)N(C)C.I. The standard InChI is InChI=1S/C16H27N3O2.HI/c1-6-20-9-10-21-15-11-13(2)7-8-14(15)12-18-16(17-3)19(4)5;/h7-8,11H,6,9-10,12H2,1-5H3,(H,17,18);1H. The molecule has 0 bridgehead atoms. The molecule has 1 aromatic rings. The van der Waals surface area contributed by atoms with Crippen molar-refractivity contribution in [2.24, 2.45) is 4.99 Å². The zero-order valence-electron chi connectivity index (χ0n) is 14.2. The highest BCUT2D eigenvalue weighted by Gasteiger charge is 2.06. The first-order valence-corrected chi connectivity index (χ1v) is 7.26. The minimum atomic E-state index is 0. The van der Waals surface area contributed by atoms with E-state index >= 15 is 0 Å². The summed E-state index contributed by atoms with van der Waals surface area (Å²) in [6.07, 6.45) is 0. The molecule has 1 N–H and O–H groups in total. The molecule has 0 spiro atoms. The quantitative estimate of drug-likeness (QED) is 0.318. The van der Waals surface area contributed by atoms with Crippen molar-refractivity contribution in [2.75, 3.05) is 41.0 Å². The van der Waals surface area contributed by atoms with Gasteiger partial charge in [0.05, 0.1) is 6.61 Å². The van der Waals surface area contributed by atoms with E-state index in [-0.39, 0.29) is 24.0 Å². The van der Waals surface area contributed by atoms with Gasteiger partial charge in [-0.3, -0.25) is 4.99 Å². The summed E-state index contributed by atoms with van der Waals surface area (Å²) in [5.41, 5.74) is 2.29. The Morgan fingerprint density at radius 3 is 2.59 bits per heavy atom. The van der Waals surface area contributed by atoms with Crippen LogP contribution in [0.1, 0.15) is 18.1 Å². The molecule has 0 heterocycles. The van der Waals surface area contributed by atoms with Crippen LogP contribution in [0.25, 0.3) is 0 Å². The Balaban J connectivity index is 0.00000441. The number of aliphatic imine (C=N–C) groups is 1. The largest absolute Gasteiger partial charge is 0.491 e. The highest BCUT2D eigenvalue weighted by Crippen LogP contribution is 2.20. The van der Waals surface area contributed by atoms with Crippen LogP contribution in [-0.2, 0) is 11.3 Å².